The van der Waals surface area contributed by atoms with Crippen molar-refractivity contribution < 1.29 is 9.47 Å². The van der Waals surface area contributed by atoms with Crippen LogP contribution in [0.2, 0.25) is 0 Å². The van der Waals surface area contributed by atoms with Crippen LogP contribution in [0.1, 0.15) is 0 Å². The number of hydrogen-bond acceptors (Lipinski definition) is 5. The summed E-state index contributed by atoms with van der Waals surface area (Å²) in [7, 11) is 3.19. The molecule has 3 rings (SSSR count). The monoisotopic (exact) mass is 285 g/mol. The average molecular weight is 285 g/mol. The number of nitrogens with zero attached hydrogens (tertiary/aromatic N) is 2. The first kappa shape index (κ1) is 13.0. The predicted molar refractivity (Wildman–Crippen MR) is 79.1 cm³/mol. The van der Waals surface area contributed by atoms with Crippen molar-refractivity contribution in [3.63, 3.8) is 0 Å². The van der Waals surface area contributed by atoms with Gasteiger partial charge in [-0.25, -0.2) is 0 Å². The Balaban J connectivity index is 2.15. The summed E-state index contributed by atoms with van der Waals surface area (Å²) in [4.78, 5) is 0. The van der Waals surface area contributed by atoms with E-state index < -0.39 is 0 Å². The summed E-state index contributed by atoms with van der Waals surface area (Å²) in [5.74, 6) is 1.71. The van der Waals surface area contributed by atoms with Gasteiger partial charge in [0, 0.05) is 11.8 Å². The van der Waals surface area contributed by atoms with Crippen LogP contribution in [0.25, 0.3) is 22.4 Å². The van der Waals surface area contributed by atoms with Gasteiger partial charge in [-0.1, -0.05) is 6.07 Å². The van der Waals surface area contributed by atoms with Gasteiger partial charge in [0.25, 0.3) is 0 Å². The Kier molecular flexibility index (Phi) is 3.23. The molecule has 2 heterocycles. The molecule has 0 aliphatic rings. The molecular weight excluding hydrogens is 270 g/mol. The van der Waals surface area contributed by atoms with E-state index in [9.17, 15) is 0 Å². The van der Waals surface area contributed by atoms with Gasteiger partial charge < -0.3 is 15.2 Å². The average Bonchev–Trinajstić information content (AvgIpc) is 3.15. The molecule has 7 heteroatoms. The molecule has 7 nitrogen and oxygen atoms in total. The minimum atomic E-state index is 0.415. The fraction of sp³-hybridized carbons (Fsp3) is 0.143. The van der Waals surface area contributed by atoms with E-state index in [2.05, 4.69) is 20.4 Å². The Morgan fingerprint density at radius 3 is 2.57 bits per heavy atom. The Morgan fingerprint density at radius 2 is 1.90 bits per heavy atom. The minimum Gasteiger partial charge on any atom is -0.493 e. The van der Waals surface area contributed by atoms with Gasteiger partial charge in [0.2, 0.25) is 0 Å². The highest BCUT2D eigenvalue weighted by Gasteiger charge is 2.17. The van der Waals surface area contributed by atoms with Crippen LogP contribution < -0.4 is 15.2 Å². The van der Waals surface area contributed by atoms with Gasteiger partial charge >= 0.3 is 0 Å². The van der Waals surface area contributed by atoms with Crippen molar-refractivity contribution in [2.75, 3.05) is 20.0 Å². The van der Waals surface area contributed by atoms with Crippen molar-refractivity contribution in [1.82, 2.24) is 20.4 Å². The van der Waals surface area contributed by atoms with Crippen molar-refractivity contribution in [2.45, 2.75) is 0 Å². The van der Waals surface area contributed by atoms with Crippen LogP contribution in [-0.4, -0.2) is 34.6 Å². The molecule has 4 N–H and O–H groups in total. The largest absolute Gasteiger partial charge is 0.493 e. The summed E-state index contributed by atoms with van der Waals surface area (Å²) < 4.78 is 10.6. The van der Waals surface area contributed by atoms with Crippen molar-refractivity contribution >= 4 is 5.82 Å². The second kappa shape index (κ2) is 5.20. The summed E-state index contributed by atoms with van der Waals surface area (Å²) >= 11 is 0. The molecule has 1 aromatic carbocycles. The lowest BCUT2D eigenvalue weighted by atomic mass is 10.0. The fourth-order valence-electron chi connectivity index (χ4n) is 2.24. The number of nitrogen functional groups attached to an aromatic ring is 1. The van der Waals surface area contributed by atoms with Gasteiger partial charge in [-0.05, 0) is 17.7 Å². The van der Waals surface area contributed by atoms with Gasteiger partial charge in [0.05, 0.1) is 31.7 Å². The molecule has 0 saturated carbocycles. The van der Waals surface area contributed by atoms with Gasteiger partial charge in [-0.15, -0.1) is 0 Å². The lowest BCUT2D eigenvalue weighted by molar-refractivity contribution is 0.355. The Morgan fingerprint density at radius 1 is 1.10 bits per heavy atom. The molecule has 0 spiro atoms. The van der Waals surface area contributed by atoms with Gasteiger partial charge in [0.1, 0.15) is 0 Å². The Labute approximate surface area is 121 Å². The van der Waals surface area contributed by atoms with Crippen LogP contribution in [0.4, 0.5) is 5.82 Å². The van der Waals surface area contributed by atoms with Crippen molar-refractivity contribution in [2.24, 2.45) is 0 Å². The maximum Gasteiger partial charge on any atom is 0.161 e. The zero-order chi connectivity index (χ0) is 14.8. The van der Waals surface area contributed by atoms with Crippen LogP contribution in [0.3, 0.4) is 0 Å². The van der Waals surface area contributed by atoms with Crippen LogP contribution in [0.15, 0.2) is 30.6 Å². The Bertz CT molecular complexity index is 749. The molecule has 0 saturated heterocycles. The second-order valence-corrected chi connectivity index (χ2v) is 4.42. The van der Waals surface area contributed by atoms with E-state index in [0.717, 1.165) is 22.4 Å². The quantitative estimate of drug-likeness (QED) is 0.681. The summed E-state index contributed by atoms with van der Waals surface area (Å²) in [5, 5.41) is 13.7. The van der Waals surface area contributed by atoms with E-state index in [-0.39, 0.29) is 0 Å². The standard InChI is InChI=1S/C14H15N5O2/c1-20-10-4-3-8(5-11(10)21-2)12-13(18-19-14(12)15)9-6-16-17-7-9/h3-7H,1-2H3,(H,16,17)(H3,15,18,19). The first-order valence-electron chi connectivity index (χ1n) is 6.30. The highest BCUT2D eigenvalue weighted by molar-refractivity contribution is 5.88. The molecule has 0 atom stereocenters. The van der Waals surface area contributed by atoms with Crippen LogP contribution in [0, 0.1) is 0 Å². The second-order valence-electron chi connectivity index (χ2n) is 4.42. The molecule has 0 bridgehead atoms. The number of H-pyrrole nitrogens is 2. The zero-order valence-corrected chi connectivity index (χ0v) is 11.7. The molecule has 21 heavy (non-hydrogen) atoms. The molecule has 108 valence electrons. The number of nitrogens with two attached hydrogens (primary N) is 1. The number of benzene rings is 1. The minimum absolute atomic E-state index is 0.415. The van der Waals surface area contributed by atoms with Crippen LogP contribution >= 0.6 is 0 Å². The topological polar surface area (TPSA) is 102 Å². The Hall–Kier alpha value is -2.96. The molecule has 0 unspecified atom stereocenters. The van der Waals surface area contributed by atoms with Crippen LogP contribution in [-0.2, 0) is 0 Å². The molecule has 0 fully saturated rings. The molecule has 0 amide bonds. The highest BCUT2D eigenvalue weighted by atomic mass is 16.5. The van der Waals surface area contributed by atoms with E-state index in [0.29, 0.717) is 17.3 Å². The van der Waals surface area contributed by atoms with Crippen molar-refractivity contribution in [3.05, 3.63) is 30.6 Å². The number of aromatic amines is 2. The molecule has 0 aliphatic carbocycles. The maximum atomic E-state index is 6.00. The summed E-state index contributed by atoms with van der Waals surface area (Å²) in [6.07, 6.45) is 3.48. The van der Waals surface area contributed by atoms with Crippen molar-refractivity contribution in [1.29, 1.82) is 0 Å². The van der Waals surface area contributed by atoms with Gasteiger partial charge in [0.15, 0.2) is 17.3 Å². The number of hydrogen-bond donors (Lipinski definition) is 3. The van der Waals surface area contributed by atoms with Crippen LogP contribution in [0.5, 0.6) is 11.5 Å². The normalized spacial score (nSPS) is 10.6. The summed E-state index contributed by atoms with van der Waals surface area (Å²) in [6.45, 7) is 0. The number of methoxy groups -OCH3 is 2. The molecular formula is C14H15N5O2. The van der Waals surface area contributed by atoms with E-state index in [1.165, 1.54) is 0 Å². The molecule has 0 aliphatic heterocycles. The smallest absolute Gasteiger partial charge is 0.161 e. The highest BCUT2D eigenvalue weighted by Crippen LogP contribution is 2.38. The lowest BCUT2D eigenvalue weighted by Gasteiger charge is -2.10. The van der Waals surface area contributed by atoms with E-state index in [4.69, 9.17) is 15.2 Å². The first-order chi connectivity index (χ1) is 10.2. The SMILES string of the molecule is COc1ccc(-c2c(N)n[nH]c2-c2cn[nH]c2)cc1OC. The van der Waals surface area contributed by atoms with E-state index >= 15 is 0 Å². The number of ether oxygens (including phenoxy) is 2. The van der Waals surface area contributed by atoms with Crippen molar-refractivity contribution in [3.8, 4) is 33.9 Å². The third-order valence-electron chi connectivity index (χ3n) is 3.25. The number of nitrogens with one attached hydrogen (secondary N) is 2. The predicted octanol–water partition coefficient (Wildman–Crippen LogP) is 2.07. The van der Waals surface area contributed by atoms with Gasteiger partial charge in [-0.3, -0.25) is 10.2 Å². The summed E-state index contributed by atoms with van der Waals surface area (Å²) in [5.41, 5.74) is 9.36. The fourth-order valence-corrected chi connectivity index (χ4v) is 2.24. The van der Waals surface area contributed by atoms with E-state index in [1.807, 2.05) is 18.2 Å². The third-order valence-corrected chi connectivity index (χ3v) is 3.25. The van der Waals surface area contributed by atoms with E-state index in [1.54, 1.807) is 26.6 Å². The molecule has 2 aromatic heterocycles. The number of aromatic nitrogens is 4. The summed E-state index contributed by atoms with van der Waals surface area (Å²) in [6, 6.07) is 5.61. The number of anilines is 1. The molecule has 0 radical (unpaired) electrons. The van der Waals surface area contributed by atoms with Gasteiger partial charge in [-0.2, -0.15) is 10.2 Å². The maximum absolute atomic E-state index is 6.00. The molecule has 3 aromatic rings. The number of rotatable bonds is 4. The third kappa shape index (κ3) is 2.18. The lowest BCUT2D eigenvalue weighted by Crippen LogP contribution is -1.93. The first-order valence-corrected chi connectivity index (χ1v) is 6.30. The zero-order valence-electron chi connectivity index (χ0n) is 11.7.